The lowest BCUT2D eigenvalue weighted by Crippen LogP contribution is -2.19. The van der Waals surface area contributed by atoms with E-state index in [0.29, 0.717) is 22.1 Å². The number of hydrazone groups is 1. The molecule has 3 aromatic rings. The highest BCUT2D eigenvalue weighted by molar-refractivity contribution is 7.10. The SMILES string of the molecule is COc1cc(/C=N\NC(=O)Cc2cccs2)ccc1OCc1c(F)cccc1Cl. The topological polar surface area (TPSA) is 59.9 Å². The number of ether oxygens (including phenoxy) is 2. The summed E-state index contributed by atoms with van der Waals surface area (Å²) in [6, 6.07) is 13.4. The van der Waals surface area contributed by atoms with Crippen LogP contribution in [0.5, 0.6) is 11.5 Å². The number of rotatable bonds is 8. The lowest BCUT2D eigenvalue weighted by Gasteiger charge is -2.12. The van der Waals surface area contributed by atoms with Crippen LogP contribution < -0.4 is 14.9 Å². The van der Waals surface area contributed by atoms with Gasteiger partial charge in [0.1, 0.15) is 12.4 Å². The van der Waals surface area contributed by atoms with Gasteiger partial charge in [-0.25, -0.2) is 9.82 Å². The van der Waals surface area contributed by atoms with E-state index in [2.05, 4.69) is 10.5 Å². The minimum absolute atomic E-state index is 0.0337. The minimum Gasteiger partial charge on any atom is -0.493 e. The molecule has 0 bridgehead atoms. The Kier molecular flexibility index (Phi) is 7.21. The smallest absolute Gasteiger partial charge is 0.245 e. The Balaban J connectivity index is 1.61. The second kappa shape index (κ2) is 10.0. The molecule has 0 unspecified atom stereocenters. The van der Waals surface area contributed by atoms with Crippen molar-refractivity contribution in [3.63, 3.8) is 0 Å². The molecule has 8 heteroatoms. The zero-order valence-corrected chi connectivity index (χ0v) is 17.1. The third-order valence-corrected chi connectivity index (χ3v) is 5.17. The van der Waals surface area contributed by atoms with Crippen LogP contribution in [0.25, 0.3) is 0 Å². The molecule has 1 aromatic heterocycles. The van der Waals surface area contributed by atoms with Gasteiger partial charge >= 0.3 is 0 Å². The average molecular weight is 433 g/mol. The fourth-order valence-electron chi connectivity index (χ4n) is 2.49. The number of amides is 1. The van der Waals surface area contributed by atoms with Crippen LogP contribution in [0, 0.1) is 5.82 Å². The van der Waals surface area contributed by atoms with Gasteiger partial charge in [0, 0.05) is 10.4 Å². The highest BCUT2D eigenvalue weighted by Gasteiger charge is 2.11. The van der Waals surface area contributed by atoms with Gasteiger partial charge in [0.05, 0.1) is 24.8 Å². The molecule has 0 spiro atoms. The van der Waals surface area contributed by atoms with Crippen molar-refractivity contribution in [2.75, 3.05) is 7.11 Å². The van der Waals surface area contributed by atoms with E-state index in [1.54, 1.807) is 24.3 Å². The molecule has 5 nitrogen and oxygen atoms in total. The Morgan fingerprint density at radius 2 is 2.10 bits per heavy atom. The number of thiophene rings is 1. The van der Waals surface area contributed by atoms with Gasteiger partial charge in [0.25, 0.3) is 0 Å². The Labute approximate surface area is 176 Å². The third kappa shape index (κ3) is 5.79. The van der Waals surface area contributed by atoms with Crippen LogP contribution in [0.3, 0.4) is 0 Å². The number of carbonyl (C=O) groups is 1. The molecule has 0 aliphatic heterocycles. The summed E-state index contributed by atoms with van der Waals surface area (Å²) in [5.74, 6) is 0.257. The van der Waals surface area contributed by atoms with Crippen molar-refractivity contribution < 1.29 is 18.7 Å². The first-order valence-corrected chi connectivity index (χ1v) is 9.90. The summed E-state index contributed by atoms with van der Waals surface area (Å²) in [6.45, 7) is -0.0337. The summed E-state index contributed by atoms with van der Waals surface area (Å²) in [6.07, 6.45) is 1.79. The fourth-order valence-corrected chi connectivity index (χ4v) is 3.41. The summed E-state index contributed by atoms with van der Waals surface area (Å²) in [7, 11) is 1.50. The van der Waals surface area contributed by atoms with E-state index < -0.39 is 5.82 Å². The normalized spacial score (nSPS) is 10.9. The summed E-state index contributed by atoms with van der Waals surface area (Å²) >= 11 is 7.54. The average Bonchev–Trinajstić information content (AvgIpc) is 3.21. The monoisotopic (exact) mass is 432 g/mol. The van der Waals surface area contributed by atoms with Crippen LogP contribution in [0.2, 0.25) is 5.02 Å². The molecule has 1 heterocycles. The molecule has 0 saturated carbocycles. The van der Waals surface area contributed by atoms with Crippen LogP contribution in [-0.4, -0.2) is 19.2 Å². The summed E-state index contributed by atoms with van der Waals surface area (Å²) in [5, 5.41) is 6.18. The maximum Gasteiger partial charge on any atom is 0.245 e. The van der Waals surface area contributed by atoms with E-state index in [-0.39, 0.29) is 24.5 Å². The molecule has 1 N–H and O–H groups in total. The standard InChI is InChI=1S/C21H18ClFN2O3S/c1-27-20-10-14(12-24-25-21(26)11-15-4-3-9-29-15)7-8-19(20)28-13-16-17(22)5-2-6-18(16)23/h2-10,12H,11,13H2,1H3,(H,25,26)/b24-12-. The summed E-state index contributed by atoms with van der Waals surface area (Å²) < 4.78 is 24.9. The van der Waals surface area contributed by atoms with Gasteiger partial charge in [-0.15, -0.1) is 11.3 Å². The van der Waals surface area contributed by atoms with Crippen LogP contribution >= 0.6 is 22.9 Å². The number of halogens is 2. The van der Waals surface area contributed by atoms with Crippen LogP contribution in [0.15, 0.2) is 59.0 Å². The quantitative estimate of drug-likeness (QED) is 0.410. The largest absolute Gasteiger partial charge is 0.493 e. The van der Waals surface area contributed by atoms with Crippen molar-refractivity contribution in [3.8, 4) is 11.5 Å². The molecule has 150 valence electrons. The molecule has 29 heavy (non-hydrogen) atoms. The predicted molar refractivity (Wildman–Crippen MR) is 112 cm³/mol. The molecule has 0 saturated heterocycles. The van der Waals surface area contributed by atoms with E-state index in [0.717, 1.165) is 4.88 Å². The molecule has 2 aromatic carbocycles. The second-order valence-electron chi connectivity index (χ2n) is 5.95. The number of nitrogens with zero attached hydrogens (tertiary/aromatic N) is 1. The van der Waals surface area contributed by atoms with Crippen molar-refractivity contribution in [2.24, 2.45) is 5.10 Å². The zero-order chi connectivity index (χ0) is 20.6. The summed E-state index contributed by atoms with van der Waals surface area (Å²) in [5.41, 5.74) is 3.47. The number of carbonyl (C=O) groups excluding carboxylic acids is 1. The molecule has 0 fully saturated rings. The Morgan fingerprint density at radius 1 is 1.24 bits per heavy atom. The van der Waals surface area contributed by atoms with Gasteiger partial charge in [-0.1, -0.05) is 23.7 Å². The van der Waals surface area contributed by atoms with Crippen molar-refractivity contribution in [1.82, 2.24) is 5.43 Å². The van der Waals surface area contributed by atoms with Crippen molar-refractivity contribution >= 4 is 35.1 Å². The molecule has 0 aliphatic carbocycles. The van der Waals surface area contributed by atoms with E-state index in [9.17, 15) is 9.18 Å². The second-order valence-corrected chi connectivity index (χ2v) is 7.39. The van der Waals surface area contributed by atoms with Crippen LogP contribution in [0.1, 0.15) is 16.0 Å². The lowest BCUT2D eigenvalue weighted by molar-refractivity contribution is -0.120. The van der Waals surface area contributed by atoms with E-state index >= 15 is 0 Å². The minimum atomic E-state index is -0.432. The highest BCUT2D eigenvalue weighted by atomic mass is 35.5. The Morgan fingerprint density at radius 3 is 2.83 bits per heavy atom. The Hall–Kier alpha value is -2.90. The first-order chi connectivity index (χ1) is 14.1. The van der Waals surface area contributed by atoms with E-state index in [1.165, 1.54) is 36.8 Å². The Bertz CT molecular complexity index is 989. The number of nitrogens with one attached hydrogen (secondary N) is 1. The van der Waals surface area contributed by atoms with Gasteiger partial charge in [-0.05, 0) is 47.3 Å². The van der Waals surface area contributed by atoms with Gasteiger partial charge in [0.15, 0.2) is 11.5 Å². The van der Waals surface area contributed by atoms with Crippen molar-refractivity contribution in [3.05, 3.63) is 80.8 Å². The zero-order valence-electron chi connectivity index (χ0n) is 15.5. The van der Waals surface area contributed by atoms with Crippen molar-refractivity contribution in [2.45, 2.75) is 13.0 Å². The van der Waals surface area contributed by atoms with E-state index in [1.807, 2.05) is 17.5 Å². The predicted octanol–water partition coefficient (Wildman–Crippen LogP) is 4.82. The molecular weight excluding hydrogens is 415 g/mol. The van der Waals surface area contributed by atoms with Crippen LogP contribution in [0.4, 0.5) is 4.39 Å². The van der Waals surface area contributed by atoms with Crippen molar-refractivity contribution in [1.29, 1.82) is 0 Å². The van der Waals surface area contributed by atoms with Crippen LogP contribution in [-0.2, 0) is 17.8 Å². The number of hydrogen-bond donors (Lipinski definition) is 1. The molecule has 0 atom stereocenters. The maximum absolute atomic E-state index is 13.9. The van der Waals surface area contributed by atoms with E-state index in [4.69, 9.17) is 21.1 Å². The van der Waals surface area contributed by atoms with Gasteiger partial charge in [0.2, 0.25) is 5.91 Å². The molecule has 0 aliphatic rings. The lowest BCUT2D eigenvalue weighted by atomic mass is 10.2. The van der Waals surface area contributed by atoms with Gasteiger partial charge in [-0.2, -0.15) is 5.10 Å². The molecular formula is C21H18ClFN2O3S. The maximum atomic E-state index is 13.9. The van der Waals surface area contributed by atoms with Gasteiger partial charge < -0.3 is 9.47 Å². The highest BCUT2D eigenvalue weighted by Crippen LogP contribution is 2.29. The molecule has 3 rings (SSSR count). The number of benzene rings is 2. The fraction of sp³-hybridized carbons (Fsp3) is 0.143. The summed E-state index contributed by atoms with van der Waals surface area (Å²) in [4.78, 5) is 12.8. The first kappa shape index (κ1) is 20.8. The third-order valence-electron chi connectivity index (χ3n) is 3.94. The van der Waals surface area contributed by atoms with Gasteiger partial charge in [-0.3, -0.25) is 4.79 Å². The number of methoxy groups -OCH3 is 1. The molecule has 0 radical (unpaired) electrons. The number of hydrogen-bond acceptors (Lipinski definition) is 5. The first-order valence-electron chi connectivity index (χ1n) is 8.65. The molecule has 1 amide bonds.